The standard InChI is InChI=1S/C21H27F2N7O3/c1-13(2)33-20-17-19(28(3)27-26-17)24-21(25-20)30-7-5-29(6-8-30)18-15(22)11-14(12-16(18)23)32-10-9-31-4/h11-13H,5-10H2,1-4H3. The molecule has 3 aromatic rings. The fraction of sp³-hybridized carbons (Fsp3) is 0.524. The largest absolute Gasteiger partial charge is 0.491 e. The first-order valence-corrected chi connectivity index (χ1v) is 10.7. The van der Waals surface area contributed by atoms with Crippen molar-refractivity contribution in [3.05, 3.63) is 23.8 Å². The van der Waals surface area contributed by atoms with Gasteiger partial charge in [-0.25, -0.2) is 13.5 Å². The lowest BCUT2D eigenvalue weighted by Gasteiger charge is -2.36. The third-order valence-corrected chi connectivity index (χ3v) is 5.18. The Labute approximate surface area is 190 Å². The second-order valence-corrected chi connectivity index (χ2v) is 7.93. The van der Waals surface area contributed by atoms with E-state index in [9.17, 15) is 8.78 Å². The molecule has 1 aliphatic rings. The Bertz CT molecular complexity index is 1090. The average Bonchev–Trinajstić information content (AvgIpc) is 3.15. The average molecular weight is 463 g/mol. The molecule has 1 saturated heterocycles. The molecule has 1 aliphatic heterocycles. The molecule has 1 aromatic carbocycles. The van der Waals surface area contributed by atoms with Crippen LogP contribution in [0.5, 0.6) is 11.6 Å². The lowest BCUT2D eigenvalue weighted by molar-refractivity contribution is 0.146. The summed E-state index contributed by atoms with van der Waals surface area (Å²) in [6.45, 7) is 6.09. The van der Waals surface area contributed by atoms with Gasteiger partial charge in [0, 0.05) is 52.5 Å². The minimum Gasteiger partial charge on any atom is -0.491 e. The third kappa shape index (κ3) is 4.90. The second kappa shape index (κ2) is 9.69. The number of nitrogens with zero attached hydrogens (tertiary/aromatic N) is 7. The van der Waals surface area contributed by atoms with Gasteiger partial charge >= 0.3 is 0 Å². The quantitative estimate of drug-likeness (QED) is 0.466. The van der Waals surface area contributed by atoms with E-state index in [0.29, 0.717) is 55.8 Å². The molecule has 0 spiro atoms. The molecule has 0 unspecified atom stereocenters. The summed E-state index contributed by atoms with van der Waals surface area (Å²) in [5, 5.41) is 8.10. The van der Waals surface area contributed by atoms with E-state index in [2.05, 4.69) is 20.3 Å². The Kier molecular flexibility index (Phi) is 6.72. The summed E-state index contributed by atoms with van der Waals surface area (Å²) in [5.74, 6) is -0.370. The highest BCUT2D eigenvalue weighted by Crippen LogP contribution is 2.30. The van der Waals surface area contributed by atoms with Crippen molar-refractivity contribution < 1.29 is 23.0 Å². The van der Waals surface area contributed by atoms with Crippen LogP contribution in [0.25, 0.3) is 11.2 Å². The van der Waals surface area contributed by atoms with Crippen molar-refractivity contribution in [3.8, 4) is 11.6 Å². The molecular weight excluding hydrogens is 436 g/mol. The lowest BCUT2D eigenvalue weighted by atomic mass is 10.2. The molecular formula is C21H27F2N7O3. The molecule has 0 atom stereocenters. The summed E-state index contributed by atoms with van der Waals surface area (Å²) in [5.41, 5.74) is 0.981. The topological polar surface area (TPSA) is 90.7 Å². The molecule has 0 bridgehead atoms. The monoisotopic (exact) mass is 463 g/mol. The summed E-state index contributed by atoms with van der Waals surface area (Å²) >= 11 is 0. The SMILES string of the molecule is COCCOc1cc(F)c(N2CCN(c3nc(OC(C)C)c4nnn(C)c4n3)CC2)c(F)c1. The highest BCUT2D eigenvalue weighted by atomic mass is 19.1. The number of rotatable bonds is 8. The normalized spacial score (nSPS) is 14.4. The van der Waals surface area contributed by atoms with Gasteiger partial charge in [-0.2, -0.15) is 9.97 Å². The van der Waals surface area contributed by atoms with Crippen molar-refractivity contribution >= 4 is 22.8 Å². The van der Waals surface area contributed by atoms with Crippen LogP contribution < -0.4 is 19.3 Å². The number of hydrogen-bond acceptors (Lipinski definition) is 9. The van der Waals surface area contributed by atoms with E-state index in [-0.39, 0.29) is 24.1 Å². The molecule has 33 heavy (non-hydrogen) atoms. The predicted molar refractivity (Wildman–Crippen MR) is 118 cm³/mol. The number of hydrogen-bond donors (Lipinski definition) is 0. The van der Waals surface area contributed by atoms with Crippen LogP contribution in [0.4, 0.5) is 20.4 Å². The zero-order chi connectivity index (χ0) is 23.5. The van der Waals surface area contributed by atoms with Gasteiger partial charge in [0.1, 0.15) is 18.0 Å². The number of fused-ring (bicyclic) bond motifs is 1. The molecule has 0 saturated carbocycles. The minimum atomic E-state index is -0.665. The van der Waals surface area contributed by atoms with Crippen molar-refractivity contribution in [2.24, 2.45) is 7.05 Å². The van der Waals surface area contributed by atoms with Gasteiger partial charge in [0.2, 0.25) is 11.8 Å². The van der Waals surface area contributed by atoms with Crippen LogP contribution in [-0.2, 0) is 11.8 Å². The number of anilines is 2. The maximum Gasteiger partial charge on any atom is 0.249 e. The summed E-state index contributed by atoms with van der Waals surface area (Å²) in [4.78, 5) is 12.8. The molecule has 12 heteroatoms. The zero-order valence-corrected chi connectivity index (χ0v) is 19.1. The minimum absolute atomic E-state index is 0.0650. The first-order chi connectivity index (χ1) is 15.9. The maximum atomic E-state index is 14.7. The van der Waals surface area contributed by atoms with Gasteiger partial charge in [0.15, 0.2) is 22.8 Å². The number of ether oxygens (including phenoxy) is 3. The van der Waals surface area contributed by atoms with Crippen LogP contribution in [0.2, 0.25) is 0 Å². The molecule has 178 valence electrons. The first kappa shape index (κ1) is 22.9. The van der Waals surface area contributed by atoms with Crippen molar-refractivity contribution in [2.75, 3.05) is 56.3 Å². The van der Waals surface area contributed by atoms with E-state index in [1.54, 1.807) is 16.6 Å². The molecule has 0 amide bonds. The van der Waals surface area contributed by atoms with Crippen LogP contribution in [0.15, 0.2) is 12.1 Å². The van der Waals surface area contributed by atoms with Crippen molar-refractivity contribution in [1.82, 2.24) is 25.0 Å². The van der Waals surface area contributed by atoms with E-state index in [0.717, 1.165) is 0 Å². The molecule has 2 aromatic heterocycles. The van der Waals surface area contributed by atoms with E-state index >= 15 is 0 Å². The fourth-order valence-corrected chi connectivity index (χ4v) is 3.63. The lowest BCUT2D eigenvalue weighted by Crippen LogP contribution is -2.47. The molecule has 0 radical (unpaired) electrons. The second-order valence-electron chi connectivity index (χ2n) is 7.93. The highest BCUT2D eigenvalue weighted by Gasteiger charge is 2.26. The Morgan fingerprint density at radius 1 is 1.00 bits per heavy atom. The molecule has 0 aliphatic carbocycles. The Hall–Kier alpha value is -3.28. The number of piperazine rings is 1. The number of aromatic nitrogens is 5. The summed E-state index contributed by atoms with van der Waals surface area (Å²) in [6.07, 6.45) is -0.0952. The zero-order valence-electron chi connectivity index (χ0n) is 19.1. The van der Waals surface area contributed by atoms with Crippen LogP contribution in [0, 0.1) is 11.6 Å². The van der Waals surface area contributed by atoms with Gasteiger partial charge in [-0.3, -0.25) is 0 Å². The Morgan fingerprint density at radius 3 is 2.30 bits per heavy atom. The number of methoxy groups -OCH3 is 1. The number of halogens is 2. The van der Waals surface area contributed by atoms with Crippen LogP contribution in [-0.4, -0.2) is 77.6 Å². The van der Waals surface area contributed by atoms with E-state index in [1.165, 1.54) is 19.2 Å². The molecule has 4 rings (SSSR count). The smallest absolute Gasteiger partial charge is 0.249 e. The van der Waals surface area contributed by atoms with Gasteiger partial charge in [-0.05, 0) is 13.8 Å². The van der Waals surface area contributed by atoms with Gasteiger partial charge in [-0.1, -0.05) is 5.21 Å². The molecule has 0 N–H and O–H groups in total. The fourth-order valence-electron chi connectivity index (χ4n) is 3.63. The Balaban J connectivity index is 1.50. The Morgan fingerprint density at radius 2 is 1.67 bits per heavy atom. The van der Waals surface area contributed by atoms with Crippen molar-refractivity contribution in [3.63, 3.8) is 0 Å². The van der Waals surface area contributed by atoms with E-state index in [4.69, 9.17) is 14.2 Å². The van der Waals surface area contributed by atoms with Gasteiger partial charge in [0.25, 0.3) is 0 Å². The van der Waals surface area contributed by atoms with Crippen LogP contribution in [0.1, 0.15) is 13.8 Å². The van der Waals surface area contributed by atoms with Gasteiger partial charge in [0.05, 0.1) is 12.7 Å². The highest BCUT2D eigenvalue weighted by molar-refractivity contribution is 5.77. The molecule has 10 nitrogen and oxygen atoms in total. The summed E-state index contributed by atoms with van der Waals surface area (Å²) in [7, 11) is 3.28. The van der Waals surface area contributed by atoms with E-state index in [1.807, 2.05) is 18.7 Å². The predicted octanol–water partition coefficient (Wildman–Crippen LogP) is 2.18. The first-order valence-electron chi connectivity index (χ1n) is 10.7. The van der Waals surface area contributed by atoms with Crippen LogP contribution in [0.3, 0.4) is 0 Å². The maximum absolute atomic E-state index is 14.7. The van der Waals surface area contributed by atoms with Crippen molar-refractivity contribution in [1.29, 1.82) is 0 Å². The third-order valence-electron chi connectivity index (χ3n) is 5.18. The van der Waals surface area contributed by atoms with Gasteiger partial charge < -0.3 is 24.0 Å². The van der Waals surface area contributed by atoms with Crippen molar-refractivity contribution in [2.45, 2.75) is 20.0 Å². The molecule has 1 fully saturated rings. The van der Waals surface area contributed by atoms with Crippen LogP contribution >= 0.6 is 0 Å². The molecule has 3 heterocycles. The number of benzene rings is 1. The number of aryl methyl sites for hydroxylation is 1. The van der Waals surface area contributed by atoms with E-state index < -0.39 is 11.6 Å². The van der Waals surface area contributed by atoms with Gasteiger partial charge in [-0.15, -0.1) is 5.10 Å². The summed E-state index contributed by atoms with van der Waals surface area (Å²) < 4.78 is 47.0. The summed E-state index contributed by atoms with van der Waals surface area (Å²) in [6, 6.07) is 2.39.